The van der Waals surface area contributed by atoms with Crippen LogP contribution in [0.5, 0.6) is 0 Å². The third kappa shape index (κ3) is 3.70. The van der Waals surface area contributed by atoms with Crippen LogP contribution in [0.1, 0.15) is 11.1 Å². The lowest BCUT2D eigenvalue weighted by Gasteiger charge is -2.40. The lowest BCUT2D eigenvalue weighted by atomic mass is 10.0. The number of nitrogens with zero attached hydrogens (tertiary/aromatic N) is 4. The molecule has 2 aromatic carbocycles. The quantitative estimate of drug-likeness (QED) is 0.862. The van der Waals surface area contributed by atoms with Gasteiger partial charge in [-0.3, -0.25) is 4.90 Å². The monoisotopic (exact) mass is 398 g/mol. The molecule has 0 aromatic heterocycles. The van der Waals surface area contributed by atoms with Crippen molar-refractivity contribution in [3.8, 4) is 0 Å². The Morgan fingerprint density at radius 2 is 1.76 bits per heavy atom. The second-order valence-electron chi connectivity index (χ2n) is 7.39. The van der Waals surface area contributed by atoms with Gasteiger partial charge in [0.1, 0.15) is 5.82 Å². The van der Waals surface area contributed by atoms with E-state index in [-0.39, 0.29) is 18.4 Å². The fraction of sp³-hybridized carbons (Fsp3) is 0.333. The van der Waals surface area contributed by atoms with E-state index in [0.717, 1.165) is 22.5 Å². The molecule has 2 aliphatic rings. The smallest absolute Gasteiger partial charge is 0.407 e. The molecule has 4 rings (SSSR count). The molecule has 1 saturated heterocycles. The largest absolute Gasteiger partial charge is 0.465 e. The van der Waals surface area contributed by atoms with E-state index >= 15 is 0 Å². The maximum atomic E-state index is 13.6. The minimum Gasteiger partial charge on any atom is -0.465 e. The first-order valence-corrected chi connectivity index (χ1v) is 9.56. The van der Waals surface area contributed by atoms with Gasteiger partial charge >= 0.3 is 12.1 Å². The van der Waals surface area contributed by atoms with E-state index in [1.54, 1.807) is 29.0 Å². The molecule has 0 spiro atoms. The predicted octanol–water partition coefficient (Wildman–Crippen LogP) is 3.20. The average Bonchev–Trinajstić information content (AvgIpc) is 2.71. The van der Waals surface area contributed by atoms with Gasteiger partial charge in [0.15, 0.2) is 0 Å². The normalized spacial score (nSPS) is 16.8. The third-order valence-corrected chi connectivity index (χ3v) is 5.49. The fourth-order valence-corrected chi connectivity index (χ4v) is 4.00. The number of carboxylic acid groups (broad SMARTS) is 1. The van der Waals surface area contributed by atoms with Crippen molar-refractivity contribution >= 4 is 23.5 Å². The van der Waals surface area contributed by atoms with Gasteiger partial charge < -0.3 is 19.8 Å². The summed E-state index contributed by atoms with van der Waals surface area (Å²) in [6.45, 7) is 2.85. The van der Waals surface area contributed by atoms with Crippen molar-refractivity contribution < 1.29 is 19.1 Å². The second-order valence-corrected chi connectivity index (χ2v) is 7.39. The van der Waals surface area contributed by atoms with Gasteiger partial charge in [0.25, 0.3) is 0 Å². The molecule has 29 heavy (non-hydrogen) atoms. The summed E-state index contributed by atoms with van der Waals surface area (Å²) >= 11 is 0. The van der Waals surface area contributed by atoms with Crippen LogP contribution in [-0.2, 0) is 13.1 Å². The summed E-state index contributed by atoms with van der Waals surface area (Å²) < 4.78 is 13.6. The number of carbonyl (C=O) groups is 2. The van der Waals surface area contributed by atoms with Gasteiger partial charge in [0.2, 0.25) is 0 Å². The Balaban J connectivity index is 1.65. The first-order chi connectivity index (χ1) is 13.9. The number of fused-ring (bicyclic) bond motifs is 1. The molecule has 0 unspecified atom stereocenters. The van der Waals surface area contributed by atoms with Crippen molar-refractivity contribution in [1.82, 2.24) is 9.80 Å². The van der Waals surface area contributed by atoms with Gasteiger partial charge in [-0.1, -0.05) is 18.2 Å². The first kappa shape index (κ1) is 19.0. The molecule has 0 aliphatic carbocycles. The molecule has 1 N–H and O–H groups in total. The van der Waals surface area contributed by atoms with Crippen LogP contribution in [0.15, 0.2) is 42.5 Å². The number of urea groups is 1. The summed E-state index contributed by atoms with van der Waals surface area (Å²) in [4.78, 5) is 30.9. The summed E-state index contributed by atoms with van der Waals surface area (Å²) in [5.41, 5.74) is 3.57. The van der Waals surface area contributed by atoms with Crippen LogP contribution in [0.4, 0.5) is 25.4 Å². The van der Waals surface area contributed by atoms with Crippen molar-refractivity contribution in [1.29, 1.82) is 0 Å². The molecule has 7 nitrogen and oxygen atoms in total. The number of hydrogen-bond acceptors (Lipinski definition) is 3. The zero-order valence-corrected chi connectivity index (χ0v) is 16.2. The number of piperazine rings is 1. The maximum Gasteiger partial charge on any atom is 0.407 e. The molecular formula is C21H23FN4O3. The van der Waals surface area contributed by atoms with Crippen LogP contribution < -0.4 is 9.80 Å². The fourth-order valence-electron chi connectivity index (χ4n) is 4.00. The van der Waals surface area contributed by atoms with E-state index in [2.05, 4.69) is 4.90 Å². The molecule has 0 bridgehead atoms. The number of rotatable bonds is 3. The Hall–Kier alpha value is -3.29. The minimum atomic E-state index is -0.897. The van der Waals surface area contributed by atoms with Crippen molar-refractivity contribution in [2.45, 2.75) is 13.1 Å². The molecule has 2 aliphatic heterocycles. The molecule has 8 heteroatoms. The van der Waals surface area contributed by atoms with Crippen LogP contribution in [0, 0.1) is 5.82 Å². The maximum absolute atomic E-state index is 13.6. The molecule has 0 radical (unpaired) electrons. The highest BCUT2D eigenvalue weighted by molar-refractivity contribution is 5.96. The lowest BCUT2D eigenvalue weighted by Crippen LogP contribution is -2.49. The zero-order valence-electron chi connectivity index (χ0n) is 16.2. The van der Waals surface area contributed by atoms with Gasteiger partial charge in [-0.05, 0) is 29.8 Å². The van der Waals surface area contributed by atoms with E-state index in [9.17, 15) is 19.1 Å². The van der Waals surface area contributed by atoms with Gasteiger partial charge in [0.05, 0.1) is 18.8 Å². The number of benzene rings is 2. The molecule has 2 heterocycles. The van der Waals surface area contributed by atoms with E-state index in [0.29, 0.717) is 32.7 Å². The number of halogens is 1. The number of anilines is 2. The molecular weight excluding hydrogens is 375 g/mol. The zero-order chi connectivity index (χ0) is 20.5. The third-order valence-electron chi connectivity index (χ3n) is 5.49. The van der Waals surface area contributed by atoms with E-state index in [4.69, 9.17) is 0 Å². The van der Waals surface area contributed by atoms with Gasteiger partial charge in [0, 0.05) is 44.5 Å². The SMILES string of the molecule is CN1Cc2c(N3CCN(C(=O)O)CC3)cccc2N(Cc2cccc(F)c2)C1=O. The summed E-state index contributed by atoms with van der Waals surface area (Å²) in [6, 6.07) is 12.0. The Morgan fingerprint density at radius 1 is 1.07 bits per heavy atom. The van der Waals surface area contributed by atoms with Gasteiger partial charge in [-0.25, -0.2) is 14.0 Å². The molecule has 0 atom stereocenters. The van der Waals surface area contributed by atoms with Crippen LogP contribution in [0.25, 0.3) is 0 Å². The highest BCUT2D eigenvalue weighted by Crippen LogP contribution is 2.36. The molecule has 2 aromatic rings. The Bertz CT molecular complexity index is 943. The summed E-state index contributed by atoms with van der Waals surface area (Å²) in [7, 11) is 1.75. The van der Waals surface area contributed by atoms with Gasteiger partial charge in [-0.2, -0.15) is 0 Å². The second kappa shape index (κ2) is 7.62. The standard InChI is InChI=1S/C21H23FN4O3/c1-23-14-17-18(24-8-10-25(11-9-24)21(28)29)6-3-7-19(17)26(20(23)27)13-15-4-2-5-16(22)12-15/h2-7,12H,8-11,13-14H2,1H3,(H,28,29). The van der Waals surface area contributed by atoms with Crippen molar-refractivity contribution in [2.24, 2.45) is 0 Å². The van der Waals surface area contributed by atoms with E-state index in [1.165, 1.54) is 17.0 Å². The number of amides is 3. The van der Waals surface area contributed by atoms with Crippen molar-refractivity contribution in [3.63, 3.8) is 0 Å². The van der Waals surface area contributed by atoms with Crippen molar-refractivity contribution in [2.75, 3.05) is 43.0 Å². The Labute approximate surface area is 168 Å². The van der Waals surface area contributed by atoms with Gasteiger partial charge in [-0.15, -0.1) is 0 Å². The van der Waals surface area contributed by atoms with E-state index < -0.39 is 6.09 Å². The van der Waals surface area contributed by atoms with E-state index in [1.807, 2.05) is 18.2 Å². The van der Waals surface area contributed by atoms with Crippen molar-refractivity contribution in [3.05, 3.63) is 59.4 Å². The van der Waals surface area contributed by atoms with Crippen LogP contribution in [0.3, 0.4) is 0 Å². The first-order valence-electron chi connectivity index (χ1n) is 9.56. The van der Waals surface area contributed by atoms with Crippen LogP contribution in [0.2, 0.25) is 0 Å². The predicted molar refractivity (Wildman–Crippen MR) is 108 cm³/mol. The molecule has 152 valence electrons. The Kier molecular flexibility index (Phi) is 5.00. The summed E-state index contributed by atoms with van der Waals surface area (Å²) in [6.07, 6.45) is -0.897. The number of hydrogen-bond donors (Lipinski definition) is 1. The topological polar surface area (TPSA) is 67.3 Å². The summed E-state index contributed by atoms with van der Waals surface area (Å²) in [5, 5.41) is 9.18. The average molecular weight is 398 g/mol. The number of carbonyl (C=O) groups excluding carboxylic acids is 1. The molecule has 0 saturated carbocycles. The highest BCUT2D eigenvalue weighted by Gasteiger charge is 2.32. The molecule has 1 fully saturated rings. The lowest BCUT2D eigenvalue weighted by molar-refractivity contribution is 0.142. The Morgan fingerprint density at radius 3 is 2.45 bits per heavy atom. The summed E-state index contributed by atoms with van der Waals surface area (Å²) in [5.74, 6) is -0.328. The van der Waals surface area contributed by atoms with Crippen LogP contribution >= 0.6 is 0 Å². The minimum absolute atomic E-state index is 0.130. The highest BCUT2D eigenvalue weighted by atomic mass is 19.1. The van der Waals surface area contributed by atoms with Crippen LogP contribution in [-0.4, -0.2) is 60.3 Å². The molecule has 3 amide bonds.